The minimum atomic E-state index is -1.06. The van der Waals surface area contributed by atoms with Crippen molar-refractivity contribution in [3.8, 4) is 11.5 Å². The zero-order valence-corrected chi connectivity index (χ0v) is 13.3. The number of rotatable bonds is 8. The van der Waals surface area contributed by atoms with Crippen molar-refractivity contribution < 1.29 is 19.1 Å². The Morgan fingerprint density at radius 3 is 2.71 bits per heavy atom. The molecule has 1 aromatic carbocycles. The molecule has 2 aromatic rings. The third-order valence-corrected chi connectivity index (χ3v) is 3.29. The second-order valence-electron chi connectivity index (χ2n) is 5.13. The van der Waals surface area contributed by atoms with Crippen LogP contribution in [0.4, 0.5) is 0 Å². The number of aryl methyl sites for hydroxylation is 1. The number of allylic oxidation sites excluding steroid dienone is 1. The van der Waals surface area contributed by atoms with E-state index in [1.54, 1.807) is 19.1 Å². The van der Waals surface area contributed by atoms with E-state index >= 15 is 0 Å². The zero-order chi connectivity index (χ0) is 17.4. The number of amides is 1. The van der Waals surface area contributed by atoms with Crippen molar-refractivity contribution in [3.63, 3.8) is 0 Å². The van der Waals surface area contributed by atoms with Gasteiger partial charge in [-0.3, -0.25) is 4.79 Å². The topological polar surface area (TPSA) is 105 Å². The van der Waals surface area contributed by atoms with Crippen molar-refractivity contribution in [1.29, 1.82) is 0 Å². The second kappa shape index (κ2) is 8.61. The molecule has 0 fully saturated rings. The van der Waals surface area contributed by atoms with E-state index in [4.69, 9.17) is 9.52 Å². The molecule has 1 atom stereocenters. The summed E-state index contributed by atoms with van der Waals surface area (Å²) >= 11 is 0. The first-order valence-corrected chi connectivity index (χ1v) is 7.61. The van der Waals surface area contributed by atoms with Crippen molar-refractivity contribution in [3.05, 3.63) is 48.4 Å². The highest BCUT2D eigenvalue weighted by atomic mass is 16.4. The lowest BCUT2D eigenvalue weighted by Crippen LogP contribution is -2.40. The van der Waals surface area contributed by atoms with Crippen LogP contribution in [0.1, 0.15) is 25.7 Å². The summed E-state index contributed by atoms with van der Waals surface area (Å²) < 4.78 is 5.51. The molecule has 1 aromatic heterocycles. The van der Waals surface area contributed by atoms with E-state index in [0.29, 0.717) is 11.8 Å². The van der Waals surface area contributed by atoms with Gasteiger partial charge in [-0.1, -0.05) is 30.4 Å². The first-order valence-electron chi connectivity index (χ1n) is 7.61. The van der Waals surface area contributed by atoms with Gasteiger partial charge in [0.1, 0.15) is 6.04 Å². The fourth-order valence-corrected chi connectivity index (χ4v) is 2.03. The number of nitrogens with one attached hydrogen (secondary N) is 1. The average molecular weight is 329 g/mol. The van der Waals surface area contributed by atoms with Gasteiger partial charge in [0.25, 0.3) is 0 Å². The Kier molecular flexibility index (Phi) is 6.24. The van der Waals surface area contributed by atoms with Gasteiger partial charge in [0.05, 0.1) is 0 Å². The van der Waals surface area contributed by atoms with E-state index in [1.807, 2.05) is 30.3 Å². The van der Waals surface area contributed by atoms with E-state index in [0.717, 1.165) is 5.56 Å². The molecule has 0 radical (unpaired) electrons. The number of carboxylic acid groups (broad SMARTS) is 1. The Morgan fingerprint density at radius 1 is 1.29 bits per heavy atom. The number of carbonyl (C=O) groups excluding carboxylic acids is 1. The molecule has 0 aliphatic heterocycles. The molecule has 0 bridgehead atoms. The minimum absolute atomic E-state index is 0.0794. The van der Waals surface area contributed by atoms with E-state index in [2.05, 4.69) is 15.5 Å². The SMILES string of the molecule is C/C=C/CC(NC(=O)CCc1nnc(-c2ccccc2)o1)C(=O)O. The highest BCUT2D eigenvalue weighted by Gasteiger charge is 2.19. The second-order valence-corrected chi connectivity index (χ2v) is 5.13. The number of aromatic nitrogens is 2. The molecule has 2 N–H and O–H groups in total. The van der Waals surface area contributed by atoms with E-state index in [-0.39, 0.29) is 25.2 Å². The van der Waals surface area contributed by atoms with Crippen LogP contribution in [-0.2, 0) is 16.0 Å². The molecule has 7 nitrogen and oxygen atoms in total. The van der Waals surface area contributed by atoms with Gasteiger partial charge in [-0.15, -0.1) is 10.2 Å². The maximum atomic E-state index is 11.9. The number of carbonyl (C=O) groups is 2. The zero-order valence-electron chi connectivity index (χ0n) is 13.3. The number of hydrogen-bond donors (Lipinski definition) is 2. The van der Waals surface area contributed by atoms with Crippen molar-refractivity contribution >= 4 is 11.9 Å². The molecule has 1 unspecified atom stereocenters. The van der Waals surface area contributed by atoms with Crippen LogP contribution in [0.2, 0.25) is 0 Å². The first kappa shape index (κ1) is 17.4. The lowest BCUT2D eigenvalue weighted by Gasteiger charge is -2.11. The van der Waals surface area contributed by atoms with Crippen molar-refractivity contribution in [1.82, 2.24) is 15.5 Å². The van der Waals surface area contributed by atoms with E-state index in [1.165, 1.54) is 0 Å². The number of benzene rings is 1. The first-order chi connectivity index (χ1) is 11.6. The van der Waals surface area contributed by atoms with Crippen LogP contribution in [0.25, 0.3) is 11.5 Å². The molecule has 126 valence electrons. The number of hydrogen-bond acceptors (Lipinski definition) is 5. The summed E-state index contributed by atoms with van der Waals surface area (Å²) in [7, 11) is 0. The summed E-state index contributed by atoms with van der Waals surface area (Å²) in [4.78, 5) is 23.0. The number of aliphatic carboxylic acids is 1. The van der Waals surface area contributed by atoms with Gasteiger partial charge in [-0.2, -0.15) is 0 Å². The molecule has 0 saturated carbocycles. The predicted octanol–water partition coefficient (Wildman–Crippen LogP) is 2.20. The molecule has 24 heavy (non-hydrogen) atoms. The summed E-state index contributed by atoms with van der Waals surface area (Å²) in [5, 5.41) is 19.4. The number of carboxylic acids is 1. The van der Waals surface area contributed by atoms with Gasteiger partial charge in [0, 0.05) is 18.4 Å². The van der Waals surface area contributed by atoms with Crippen LogP contribution in [0.15, 0.2) is 46.9 Å². The fraction of sp³-hybridized carbons (Fsp3) is 0.294. The molecule has 0 saturated heterocycles. The molecule has 1 heterocycles. The standard InChI is InChI=1S/C17H19N3O4/c1-2-3-9-13(17(22)23)18-14(21)10-11-15-19-20-16(24-15)12-7-5-4-6-8-12/h2-8,13H,9-11H2,1H3,(H,18,21)(H,22,23)/b3-2+. The third kappa shape index (κ3) is 5.05. The Morgan fingerprint density at radius 2 is 2.04 bits per heavy atom. The van der Waals surface area contributed by atoms with Gasteiger partial charge in [0.15, 0.2) is 0 Å². The monoisotopic (exact) mass is 329 g/mol. The number of nitrogens with zero attached hydrogens (tertiary/aromatic N) is 2. The van der Waals surface area contributed by atoms with Gasteiger partial charge < -0.3 is 14.8 Å². The van der Waals surface area contributed by atoms with Crippen LogP contribution in [0.3, 0.4) is 0 Å². The van der Waals surface area contributed by atoms with Crippen LogP contribution < -0.4 is 5.32 Å². The molecule has 1 amide bonds. The lowest BCUT2D eigenvalue weighted by atomic mass is 10.2. The maximum Gasteiger partial charge on any atom is 0.326 e. The Balaban J connectivity index is 1.88. The van der Waals surface area contributed by atoms with Crippen LogP contribution >= 0.6 is 0 Å². The summed E-state index contributed by atoms with van der Waals surface area (Å²) in [6.45, 7) is 1.79. The quantitative estimate of drug-likeness (QED) is 0.719. The molecule has 7 heteroatoms. The van der Waals surface area contributed by atoms with Gasteiger partial charge in [0.2, 0.25) is 17.7 Å². The summed E-state index contributed by atoms with van der Waals surface area (Å²) in [5.41, 5.74) is 0.804. The van der Waals surface area contributed by atoms with Crippen LogP contribution in [0, 0.1) is 0 Å². The lowest BCUT2D eigenvalue weighted by molar-refractivity contribution is -0.141. The van der Waals surface area contributed by atoms with Crippen LogP contribution in [-0.4, -0.2) is 33.2 Å². The maximum absolute atomic E-state index is 11.9. The van der Waals surface area contributed by atoms with E-state index < -0.39 is 12.0 Å². The van der Waals surface area contributed by atoms with Crippen molar-refractivity contribution in [2.45, 2.75) is 32.2 Å². The molecular weight excluding hydrogens is 310 g/mol. The highest BCUT2D eigenvalue weighted by molar-refractivity contribution is 5.83. The van der Waals surface area contributed by atoms with Crippen molar-refractivity contribution in [2.24, 2.45) is 0 Å². The third-order valence-electron chi connectivity index (χ3n) is 3.29. The predicted molar refractivity (Wildman–Crippen MR) is 87.1 cm³/mol. The minimum Gasteiger partial charge on any atom is -0.480 e. The average Bonchev–Trinajstić information content (AvgIpc) is 3.06. The van der Waals surface area contributed by atoms with Gasteiger partial charge in [-0.05, 0) is 25.5 Å². The highest BCUT2D eigenvalue weighted by Crippen LogP contribution is 2.17. The van der Waals surface area contributed by atoms with Gasteiger partial charge >= 0.3 is 5.97 Å². The smallest absolute Gasteiger partial charge is 0.326 e. The Bertz CT molecular complexity index is 710. The summed E-state index contributed by atoms with van der Waals surface area (Å²) in [6.07, 6.45) is 4.02. The Hall–Kier alpha value is -2.96. The fourth-order valence-electron chi connectivity index (χ4n) is 2.03. The summed E-state index contributed by atoms with van der Waals surface area (Å²) in [6, 6.07) is 8.38. The normalized spacial score (nSPS) is 12.2. The molecular formula is C17H19N3O4. The summed E-state index contributed by atoms with van der Waals surface area (Å²) in [5.74, 6) is -0.705. The van der Waals surface area contributed by atoms with E-state index in [9.17, 15) is 9.59 Å². The molecule has 0 aliphatic rings. The largest absolute Gasteiger partial charge is 0.480 e. The molecule has 0 aliphatic carbocycles. The van der Waals surface area contributed by atoms with Crippen molar-refractivity contribution in [2.75, 3.05) is 0 Å². The van der Waals surface area contributed by atoms with Gasteiger partial charge in [-0.25, -0.2) is 4.79 Å². The molecule has 0 spiro atoms. The molecule has 2 rings (SSSR count). The Labute approximate surface area is 139 Å². The van der Waals surface area contributed by atoms with Crippen LogP contribution in [0.5, 0.6) is 0 Å².